The number of aryl methyl sites for hydroxylation is 2. The summed E-state index contributed by atoms with van der Waals surface area (Å²) in [7, 11) is 2.12. The highest BCUT2D eigenvalue weighted by Crippen LogP contribution is 2.31. The van der Waals surface area contributed by atoms with Crippen LogP contribution in [-0.2, 0) is 6.42 Å². The Hall–Kier alpha value is -0.820. The van der Waals surface area contributed by atoms with E-state index >= 15 is 0 Å². The van der Waals surface area contributed by atoms with Gasteiger partial charge in [0.1, 0.15) is 0 Å². The van der Waals surface area contributed by atoms with Gasteiger partial charge in [0.25, 0.3) is 0 Å². The van der Waals surface area contributed by atoms with Crippen LogP contribution >= 0.6 is 0 Å². The minimum absolute atomic E-state index is 0.710. The first-order chi connectivity index (χ1) is 8.58. The number of hydrogen-bond acceptors (Lipinski definition) is 1. The molecule has 1 aromatic rings. The number of nitrogens with one attached hydrogen (secondary N) is 1. The van der Waals surface area contributed by atoms with Gasteiger partial charge in [0.05, 0.1) is 0 Å². The van der Waals surface area contributed by atoms with Crippen molar-refractivity contribution >= 4 is 0 Å². The highest BCUT2D eigenvalue weighted by Gasteiger charge is 2.27. The quantitative estimate of drug-likeness (QED) is 0.852. The van der Waals surface area contributed by atoms with E-state index in [0.717, 1.165) is 11.8 Å². The molecule has 1 aliphatic carbocycles. The van der Waals surface area contributed by atoms with Crippen molar-refractivity contribution in [3.63, 3.8) is 0 Å². The lowest BCUT2D eigenvalue weighted by Crippen LogP contribution is -2.39. The van der Waals surface area contributed by atoms with Crippen molar-refractivity contribution in [2.45, 2.75) is 52.5 Å². The Balaban J connectivity index is 2.10. The van der Waals surface area contributed by atoms with E-state index in [0.29, 0.717) is 6.04 Å². The molecule has 18 heavy (non-hydrogen) atoms. The van der Waals surface area contributed by atoms with E-state index in [-0.39, 0.29) is 0 Å². The van der Waals surface area contributed by atoms with E-state index in [1.54, 1.807) is 0 Å². The first-order valence-corrected chi connectivity index (χ1v) is 7.33. The Morgan fingerprint density at radius 3 is 2.39 bits per heavy atom. The van der Waals surface area contributed by atoms with Gasteiger partial charge in [-0.3, -0.25) is 0 Å². The fourth-order valence-electron chi connectivity index (χ4n) is 3.59. The molecule has 3 atom stereocenters. The van der Waals surface area contributed by atoms with E-state index in [1.165, 1.54) is 42.4 Å². The van der Waals surface area contributed by atoms with Gasteiger partial charge in [-0.25, -0.2) is 0 Å². The molecular formula is C17H27N. The summed E-state index contributed by atoms with van der Waals surface area (Å²) in [6.07, 6.45) is 5.33. The van der Waals surface area contributed by atoms with Crippen LogP contribution in [0.3, 0.4) is 0 Å². The lowest BCUT2D eigenvalue weighted by molar-refractivity contribution is 0.220. The van der Waals surface area contributed by atoms with Crippen LogP contribution in [0.25, 0.3) is 0 Å². The molecule has 0 spiro atoms. The van der Waals surface area contributed by atoms with Gasteiger partial charge in [-0.2, -0.15) is 0 Å². The van der Waals surface area contributed by atoms with Crippen LogP contribution in [0, 0.1) is 25.7 Å². The van der Waals surface area contributed by atoms with Gasteiger partial charge in [0.15, 0.2) is 0 Å². The molecule has 1 heteroatoms. The van der Waals surface area contributed by atoms with Crippen LogP contribution in [0.5, 0.6) is 0 Å². The van der Waals surface area contributed by atoms with E-state index in [4.69, 9.17) is 0 Å². The summed E-state index contributed by atoms with van der Waals surface area (Å²) in [5, 5.41) is 3.52. The molecular weight excluding hydrogens is 218 g/mol. The van der Waals surface area contributed by atoms with Crippen molar-refractivity contribution in [2.75, 3.05) is 7.05 Å². The SMILES string of the molecule is CNC1CCC(C)CC1Cc1cc(C)cc(C)c1. The molecule has 1 fully saturated rings. The van der Waals surface area contributed by atoms with E-state index < -0.39 is 0 Å². The Bertz CT molecular complexity index is 376. The van der Waals surface area contributed by atoms with Gasteiger partial charge in [-0.05, 0) is 64.0 Å². The van der Waals surface area contributed by atoms with Crippen LogP contribution in [0.4, 0.5) is 0 Å². The third-order valence-electron chi connectivity index (χ3n) is 4.39. The summed E-state index contributed by atoms with van der Waals surface area (Å²) in [6, 6.07) is 7.70. The minimum Gasteiger partial charge on any atom is -0.317 e. The first-order valence-electron chi connectivity index (χ1n) is 7.33. The summed E-state index contributed by atoms with van der Waals surface area (Å²) >= 11 is 0. The van der Waals surface area contributed by atoms with Gasteiger partial charge in [0.2, 0.25) is 0 Å². The Morgan fingerprint density at radius 1 is 1.11 bits per heavy atom. The van der Waals surface area contributed by atoms with Gasteiger partial charge in [-0.1, -0.05) is 36.2 Å². The Kier molecular flexibility index (Phi) is 4.45. The summed E-state index contributed by atoms with van der Waals surface area (Å²) in [4.78, 5) is 0. The molecule has 0 bridgehead atoms. The highest BCUT2D eigenvalue weighted by atomic mass is 14.9. The molecule has 0 aromatic heterocycles. The largest absolute Gasteiger partial charge is 0.317 e. The average molecular weight is 245 g/mol. The summed E-state index contributed by atoms with van der Waals surface area (Å²) in [6.45, 7) is 6.81. The molecule has 1 aliphatic rings. The van der Waals surface area contributed by atoms with Crippen molar-refractivity contribution in [1.82, 2.24) is 5.32 Å². The third-order valence-corrected chi connectivity index (χ3v) is 4.39. The molecule has 1 saturated carbocycles. The zero-order valence-electron chi connectivity index (χ0n) is 12.3. The maximum absolute atomic E-state index is 3.52. The van der Waals surface area contributed by atoms with E-state index in [1.807, 2.05) is 0 Å². The summed E-state index contributed by atoms with van der Waals surface area (Å²) < 4.78 is 0. The standard InChI is InChI=1S/C17H27N/c1-12-5-6-17(18-4)16(10-12)11-15-8-13(2)7-14(3)9-15/h7-9,12,16-18H,5-6,10-11H2,1-4H3. The monoisotopic (exact) mass is 245 g/mol. The summed E-state index contributed by atoms with van der Waals surface area (Å²) in [5.41, 5.74) is 4.32. The molecule has 1 N–H and O–H groups in total. The van der Waals surface area contributed by atoms with Gasteiger partial charge >= 0.3 is 0 Å². The molecule has 0 radical (unpaired) electrons. The van der Waals surface area contributed by atoms with Gasteiger partial charge < -0.3 is 5.32 Å². The number of rotatable bonds is 3. The predicted molar refractivity (Wildman–Crippen MR) is 79.0 cm³/mol. The molecule has 2 rings (SSSR count). The smallest absolute Gasteiger partial charge is 0.00957 e. The molecule has 0 amide bonds. The summed E-state index contributed by atoms with van der Waals surface area (Å²) in [5.74, 6) is 1.70. The second kappa shape index (κ2) is 5.88. The molecule has 1 nitrogen and oxygen atoms in total. The third kappa shape index (κ3) is 3.35. The zero-order chi connectivity index (χ0) is 13.1. The van der Waals surface area contributed by atoms with Crippen LogP contribution in [0.2, 0.25) is 0 Å². The lowest BCUT2D eigenvalue weighted by Gasteiger charge is -2.35. The van der Waals surface area contributed by atoms with Crippen molar-refractivity contribution in [1.29, 1.82) is 0 Å². The lowest BCUT2D eigenvalue weighted by atomic mass is 9.76. The van der Waals surface area contributed by atoms with Crippen LogP contribution in [-0.4, -0.2) is 13.1 Å². The molecule has 0 saturated heterocycles. The van der Waals surface area contributed by atoms with Crippen molar-refractivity contribution in [3.05, 3.63) is 34.9 Å². The minimum atomic E-state index is 0.710. The Labute approximate surface area is 112 Å². The van der Waals surface area contributed by atoms with Crippen molar-refractivity contribution in [2.24, 2.45) is 11.8 Å². The van der Waals surface area contributed by atoms with Crippen molar-refractivity contribution < 1.29 is 0 Å². The second-order valence-electron chi connectivity index (χ2n) is 6.27. The van der Waals surface area contributed by atoms with Crippen molar-refractivity contribution in [3.8, 4) is 0 Å². The molecule has 0 heterocycles. The van der Waals surface area contributed by atoms with Gasteiger partial charge in [0, 0.05) is 6.04 Å². The fourth-order valence-corrected chi connectivity index (χ4v) is 3.59. The van der Waals surface area contributed by atoms with E-state index in [9.17, 15) is 0 Å². The Morgan fingerprint density at radius 2 is 1.78 bits per heavy atom. The predicted octanol–water partition coefficient (Wildman–Crippen LogP) is 3.87. The maximum atomic E-state index is 3.52. The highest BCUT2D eigenvalue weighted by molar-refractivity contribution is 5.29. The second-order valence-corrected chi connectivity index (χ2v) is 6.27. The normalized spacial score (nSPS) is 28.3. The number of hydrogen-bond donors (Lipinski definition) is 1. The van der Waals surface area contributed by atoms with E-state index in [2.05, 4.69) is 51.3 Å². The molecule has 100 valence electrons. The van der Waals surface area contributed by atoms with Crippen LogP contribution in [0.15, 0.2) is 18.2 Å². The van der Waals surface area contributed by atoms with Crippen LogP contribution < -0.4 is 5.32 Å². The van der Waals surface area contributed by atoms with Gasteiger partial charge in [-0.15, -0.1) is 0 Å². The molecule has 3 unspecified atom stereocenters. The maximum Gasteiger partial charge on any atom is 0.00957 e. The average Bonchev–Trinajstić information content (AvgIpc) is 2.27. The first kappa shape index (κ1) is 13.6. The molecule has 1 aromatic carbocycles. The molecule has 0 aliphatic heterocycles. The zero-order valence-corrected chi connectivity index (χ0v) is 12.3. The topological polar surface area (TPSA) is 12.0 Å². The fraction of sp³-hybridized carbons (Fsp3) is 0.647. The number of benzene rings is 1. The van der Waals surface area contributed by atoms with Crippen LogP contribution in [0.1, 0.15) is 42.9 Å².